The van der Waals surface area contributed by atoms with E-state index in [1.807, 2.05) is 18.2 Å². The molecule has 0 aliphatic carbocycles. The molecule has 3 aromatic carbocycles. The highest BCUT2D eigenvalue weighted by molar-refractivity contribution is 6.05. The molecule has 2 aromatic heterocycles. The molecule has 0 spiro atoms. The highest BCUT2D eigenvalue weighted by Crippen LogP contribution is 2.35. The maximum Gasteiger partial charge on any atom is 0.434 e. The topological polar surface area (TPSA) is 106 Å². The van der Waals surface area contributed by atoms with Gasteiger partial charge in [-0.05, 0) is 79.4 Å². The van der Waals surface area contributed by atoms with E-state index in [0.717, 1.165) is 68.1 Å². The van der Waals surface area contributed by atoms with E-state index >= 15 is 4.39 Å². The van der Waals surface area contributed by atoms with E-state index in [0.29, 0.717) is 10.6 Å². The summed E-state index contributed by atoms with van der Waals surface area (Å²) >= 11 is 0. The summed E-state index contributed by atoms with van der Waals surface area (Å²) in [4.78, 5) is 21.4. The fourth-order valence-electron chi connectivity index (χ4n) is 5.13. The lowest BCUT2D eigenvalue weighted by Crippen LogP contribution is -2.28. The molecule has 6 rings (SSSR count). The van der Waals surface area contributed by atoms with Crippen molar-refractivity contribution in [3.05, 3.63) is 114 Å². The van der Waals surface area contributed by atoms with Crippen molar-refractivity contribution in [3.8, 4) is 17.3 Å². The predicted octanol–water partition coefficient (Wildman–Crippen LogP) is 7.21. The summed E-state index contributed by atoms with van der Waals surface area (Å²) in [5.41, 5.74) is -0.439. The van der Waals surface area contributed by atoms with Crippen LogP contribution in [0.1, 0.15) is 40.4 Å². The average molecular weight is 636 g/mol. The molecule has 1 unspecified atom stereocenters. The second-order valence-corrected chi connectivity index (χ2v) is 10.5. The number of benzene rings is 3. The number of hydrogen-bond donors (Lipinski definition) is 3. The molecule has 14 heteroatoms. The van der Waals surface area contributed by atoms with Gasteiger partial charge in [-0.2, -0.15) is 23.3 Å². The number of carbonyl (C=O) groups is 1. The van der Waals surface area contributed by atoms with Crippen molar-refractivity contribution >= 4 is 23.2 Å². The Morgan fingerprint density at radius 3 is 2.57 bits per heavy atom. The van der Waals surface area contributed by atoms with Gasteiger partial charge in [0.2, 0.25) is 11.8 Å². The fraction of sp³-hybridized carbons (Fsp3) is 0.188. The lowest BCUT2D eigenvalue weighted by Gasteiger charge is -2.23. The van der Waals surface area contributed by atoms with Gasteiger partial charge in [-0.3, -0.25) is 4.79 Å². The molecule has 1 aliphatic rings. The van der Waals surface area contributed by atoms with Crippen LogP contribution in [-0.4, -0.2) is 38.7 Å². The monoisotopic (exact) mass is 635 g/mol. The second kappa shape index (κ2) is 12.9. The fourth-order valence-corrected chi connectivity index (χ4v) is 5.13. The van der Waals surface area contributed by atoms with E-state index in [1.54, 1.807) is 0 Å². The first-order valence-corrected chi connectivity index (χ1v) is 14.2. The van der Waals surface area contributed by atoms with Gasteiger partial charge in [0.15, 0.2) is 17.3 Å². The van der Waals surface area contributed by atoms with Crippen LogP contribution in [0.2, 0.25) is 0 Å². The molecule has 1 fully saturated rings. The van der Waals surface area contributed by atoms with Crippen molar-refractivity contribution in [3.63, 3.8) is 0 Å². The molecule has 1 atom stereocenters. The summed E-state index contributed by atoms with van der Waals surface area (Å²) in [6.07, 6.45) is -0.600. The van der Waals surface area contributed by atoms with Gasteiger partial charge in [0, 0.05) is 36.2 Å². The Morgan fingerprint density at radius 2 is 1.83 bits per heavy atom. The third-order valence-electron chi connectivity index (χ3n) is 7.30. The molecule has 1 amide bonds. The predicted molar refractivity (Wildman–Crippen MR) is 160 cm³/mol. The summed E-state index contributed by atoms with van der Waals surface area (Å²) < 4.78 is 76.3. The molecule has 46 heavy (non-hydrogen) atoms. The molecule has 0 radical (unpaired) electrons. The molecule has 0 bridgehead atoms. The average Bonchev–Trinajstić information content (AvgIpc) is 3.50. The molecule has 3 heterocycles. The van der Waals surface area contributed by atoms with Gasteiger partial charge in [-0.15, -0.1) is 0 Å². The Kier molecular flexibility index (Phi) is 8.61. The van der Waals surface area contributed by atoms with Crippen LogP contribution in [0.3, 0.4) is 0 Å². The number of aromatic nitrogens is 4. The van der Waals surface area contributed by atoms with Crippen molar-refractivity contribution in [1.82, 2.24) is 25.1 Å². The van der Waals surface area contributed by atoms with E-state index in [9.17, 15) is 22.4 Å². The largest absolute Gasteiger partial charge is 0.436 e. The minimum atomic E-state index is -4.98. The van der Waals surface area contributed by atoms with Gasteiger partial charge >= 0.3 is 6.18 Å². The lowest BCUT2D eigenvalue weighted by atomic mass is 9.91. The van der Waals surface area contributed by atoms with E-state index < -0.39 is 35.0 Å². The number of anilines is 3. The Balaban J connectivity index is 1.14. The van der Waals surface area contributed by atoms with Gasteiger partial charge in [0.25, 0.3) is 5.91 Å². The number of alkyl halides is 3. The standard InChI is InChI=1S/C32H26F5N7O2/c33-21-6-9-24(10-7-21)44-29(32(35,36)37)25(18-40-44)30(45)41-23-8-11-27(26(34)16-23)46-28-12-14-39-31(43-28)42-22-5-1-3-19(15-22)20-4-2-13-38-17-20/h1,3,5-12,14-16,18,20,38H,2,4,13,17H2,(H,41,45)(H,39,42,43). The number of piperidine rings is 1. The Bertz CT molecular complexity index is 1850. The lowest BCUT2D eigenvalue weighted by molar-refractivity contribution is -0.143. The second-order valence-electron chi connectivity index (χ2n) is 10.5. The van der Waals surface area contributed by atoms with Crippen LogP contribution in [0, 0.1) is 11.6 Å². The molecular formula is C32H26F5N7O2. The van der Waals surface area contributed by atoms with Crippen molar-refractivity contribution in [2.75, 3.05) is 23.7 Å². The maximum atomic E-state index is 15.0. The quantitative estimate of drug-likeness (QED) is 0.155. The number of amides is 1. The molecular weight excluding hydrogens is 609 g/mol. The summed E-state index contributed by atoms with van der Waals surface area (Å²) in [7, 11) is 0. The normalized spacial score (nSPS) is 14.9. The van der Waals surface area contributed by atoms with E-state index in [4.69, 9.17) is 4.74 Å². The molecule has 3 N–H and O–H groups in total. The first-order chi connectivity index (χ1) is 22.1. The Morgan fingerprint density at radius 1 is 1.00 bits per heavy atom. The number of nitrogens with one attached hydrogen (secondary N) is 3. The summed E-state index contributed by atoms with van der Waals surface area (Å²) in [6.45, 7) is 1.93. The van der Waals surface area contributed by atoms with Gasteiger partial charge in [-0.1, -0.05) is 12.1 Å². The van der Waals surface area contributed by atoms with Gasteiger partial charge in [-0.25, -0.2) is 18.4 Å². The summed E-state index contributed by atoms with van der Waals surface area (Å²) in [6, 6.07) is 16.9. The van der Waals surface area contributed by atoms with Crippen LogP contribution in [0.4, 0.5) is 39.3 Å². The van der Waals surface area contributed by atoms with Crippen LogP contribution in [0.25, 0.3) is 5.69 Å². The van der Waals surface area contributed by atoms with Crippen molar-refractivity contribution in [1.29, 1.82) is 0 Å². The minimum Gasteiger partial charge on any atom is -0.436 e. The molecule has 5 aromatic rings. The SMILES string of the molecule is O=C(Nc1ccc(Oc2ccnc(Nc3cccc(C4CCCNC4)c3)n2)c(F)c1)c1cnn(-c2ccc(F)cc2)c1C(F)(F)F. The van der Waals surface area contributed by atoms with Crippen LogP contribution < -0.4 is 20.7 Å². The molecule has 9 nitrogen and oxygen atoms in total. The zero-order valence-corrected chi connectivity index (χ0v) is 24.0. The highest BCUT2D eigenvalue weighted by atomic mass is 19.4. The third-order valence-corrected chi connectivity index (χ3v) is 7.30. The third kappa shape index (κ3) is 6.96. The Labute approximate surface area is 259 Å². The molecule has 0 saturated carbocycles. The number of nitrogens with zero attached hydrogens (tertiary/aromatic N) is 4. The summed E-state index contributed by atoms with van der Waals surface area (Å²) in [5.74, 6) is -2.31. The smallest absolute Gasteiger partial charge is 0.434 e. The number of carbonyl (C=O) groups excluding carboxylic acids is 1. The first-order valence-electron chi connectivity index (χ1n) is 14.2. The van der Waals surface area contributed by atoms with E-state index in [1.165, 1.54) is 30.0 Å². The van der Waals surface area contributed by atoms with Gasteiger partial charge < -0.3 is 20.7 Å². The van der Waals surface area contributed by atoms with Crippen LogP contribution in [-0.2, 0) is 6.18 Å². The highest BCUT2D eigenvalue weighted by Gasteiger charge is 2.40. The number of hydrogen-bond acceptors (Lipinski definition) is 7. The maximum absolute atomic E-state index is 15.0. The van der Waals surface area contributed by atoms with E-state index in [-0.39, 0.29) is 29.0 Å². The van der Waals surface area contributed by atoms with Crippen molar-refractivity contribution in [2.45, 2.75) is 24.9 Å². The molecule has 1 aliphatic heterocycles. The number of halogens is 5. The Hall–Kier alpha value is -5.37. The van der Waals surface area contributed by atoms with Crippen molar-refractivity contribution < 1.29 is 31.5 Å². The summed E-state index contributed by atoms with van der Waals surface area (Å²) in [5, 5.41) is 12.5. The zero-order valence-electron chi connectivity index (χ0n) is 24.0. The molecule has 236 valence electrons. The van der Waals surface area contributed by atoms with Crippen LogP contribution in [0.15, 0.2) is 85.2 Å². The first kappa shape index (κ1) is 30.6. The minimum absolute atomic E-state index is 0.0313. The van der Waals surface area contributed by atoms with Crippen LogP contribution in [0.5, 0.6) is 11.6 Å². The van der Waals surface area contributed by atoms with Crippen LogP contribution >= 0.6 is 0 Å². The van der Waals surface area contributed by atoms with Gasteiger partial charge in [0.05, 0.1) is 17.4 Å². The number of ether oxygens (including phenoxy) is 1. The zero-order chi connectivity index (χ0) is 32.3. The van der Waals surface area contributed by atoms with Crippen molar-refractivity contribution in [2.24, 2.45) is 0 Å². The molecule has 1 saturated heterocycles. The van der Waals surface area contributed by atoms with Gasteiger partial charge in [0.1, 0.15) is 5.82 Å². The van der Waals surface area contributed by atoms with E-state index in [2.05, 4.69) is 37.1 Å². The number of rotatable bonds is 8.